The number of aliphatic hydroxyl groups excluding tert-OH is 4. The highest BCUT2D eigenvalue weighted by Gasteiger charge is 1.90. The van der Waals surface area contributed by atoms with Crippen molar-refractivity contribution < 1.29 is 20.4 Å². The second-order valence-corrected chi connectivity index (χ2v) is 5.98. The van der Waals surface area contributed by atoms with Gasteiger partial charge in [-0.2, -0.15) is 0 Å². The minimum atomic E-state index is -0.167. The number of rotatable bonds is 6. The molecule has 0 spiro atoms. The molecule has 0 aromatic carbocycles. The van der Waals surface area contributed by atoms with Gasteiger partial charge in [0.1, 0.15) is 0 Å². The van der Waals surface area contributed by atoms with Crippen LogP contribution in [-0.4, -0.2) is 44.8 Å². The molecule has 0 saturated carbocycles. The third-order valence-corrected chi connectivity index (χ3v) is 2.27. The van der Waals surface area contributed by atoms with E-state index in [1.165, 1.54) is 6.42 Å². The lowest BCUT2D eigenvalue weighted by molar-refractivity contribution is 0.181. The topological polar surface area (TPSA) is 80.9 Å². The SMILES string of the molecule is CC(C)O.CCC(C)O.CCCC(C)O.CCCCC(C)O. The Morgan fingerprint density at radius 1 is 0.591 bits per heavy atom. The fraction of sp³-hybridized carbons (Fsp3) is 1.00. The first kappa shape index (κ1) is 29.8. The van der Waals surface area contributed by atoms with Crippen molar-refractivity contribution in [3.05, 3.63) is 0 Å². The molecule has 0 saturated heterocycles. The minimum absolute atomic E-state index is 0.0973. The fourth-order valence-corrected chi connectivity index (χ4v) is 0.917. The summed E-state index contributed by atoms with van der Waals surface area (Å²) in [6.45, 7) is 15.0. The largest absolute Gasteiger partial charge is 0.394 e. The van der Waals surface area contributed by atoms with Crippen LogP contribution in [-0.2, 0) is 0 Å². The van der Waals surface area contributed by atoms with Crippen molar-refractivity contribution in [2.75, 3.05) is 0 Å². The smallest absolute Gasteiger partial charge is 0.0512 e. The van der Waals surface area contributed by atoms with E-state index in [1.807, 2.05) is 20.8 Å². The Bertz CT molecular complexity index is 154. The highest BCUT2D eigenvalue weighted by Crippen LogP contribution is 1.97. The molecular weight excluding hydrogens is 280 g/mol. The molecule has 4 N–H and O–H groups in total. The van der Waals surface area contributed by atoms with E-state index in [0.717, 1.165) is 32.1 Å². The predicted octanol–water partition coefficient (Wildman–Crippen LogP) is 3.89. The summed E-state index contributed by atoms with van der Waals surface area (Å²) >= 11 is 0. The van der Waals surface area contributed by atoms with E-state index in [1.54, 1.807) is 20.8 Å². The molecule has 0 rings (SSSR count). The van der Waals surface area contributed by atoms with Gasteiger partial charge in [-0.3, -0.25) is 0 Å². The zero-order valence-corrected chi connectivity index (χ0v) is 16.3. The van der Waals surface area contributed by atoms with Gasteiger partial charge in [-0.25, -0.2) is 0 Å². The maximum atomic E-state index is 8.68. The van der Waals surface area contributed by atoms with Crippen LogP contribution in [0.3, 0.4) is 0 Å². The van der Waals surface area contributed by atoms with Gasteiger partial charge in [0.15, 0.2) is 0 Å². The molecule has 0 aliphatic heterocycles. The van der Waals surface area contributed by atoms with Crippen LogP contribution in [0.4, 0.5) is 0 Å². The summed E-state index contributed by atoms with van der Waals surface area (Å²) in [5, 5.41) is 33.7. The van der Waals surface area contributed by atoms with E-state index in [2.05, 4.69) is 13.8 Å². The average Bonchev–Trinajstić information content (AvgIpc) is 2.36. The van der Waals surface area contributed by atoms with E-state index < -0.39 is 0 Å². The molecule has 0 heterocycles. The van der Waals surface area contributed by atoms with Crippen LogP contribution in [0.15, 0.2) is 0 Å². The molecule has 4 nitrogen and oxygen atoms in total. The van der Waals surface area contributed by atoms with E-state index >= 15 is 0 Å². The Kier molecular flexibility index (Phi) is 34.9. The lowest BCUT2D eigenvalue weighted by Gasteiger charge is -1.98. The Hall–Kier alpha value is -0.160. The van der Waals surface area contributed by atoms with Gasteiger partial charge < -0.3 is 20.4 Å². The second-order valence-electron chi connectivity index (χ2n) is 5.98. The van der Waals surface area contributed by atoms with Gasteiger partial charge in [0.25, 0.3) is 0 Å². The van der Waals surface area contributed by atoms with Crippen molar-refractivity contribution in [2.24, 2.45) is 0 Å². The molecule has 4 heteroatoms. The van der Waals surface area contributed by atoms with Crippen LogP contribution >= 0.6 is 0 Å². The van der Waals surface area contributed by atoms with Crippen LogP contribution in [0.25, 0.3) is 0 Å². The summed E-state index contributed by atoms with van der Waals surface area (Å²) in [7, 11) is 0. The molecule has 0 aromatic heterocycles. The molecule has 0 bridgehead atoms. The van der Waals surface area contributed by atoms with Crippen molar-refractivity contribution in [2.45, 2.75) is 118 Å². The van der Waals surface area contributed by atoms with Gasteiger partial charge in [0.2, 0.25) is 0 Å². The number of aliphatic hydroxyl groups is 4. The second kappa shape index (κ2) is 25.8. The monoisotopic (exact) mass is 324 g/mol. The van der Waals surface area contributed by atoms with E-state index in [-0.39, 0.29) is 24.4 Å². The van der Waals surface area contributed by atoms with E-state index in [0.29, 0.717) is 0 Å². The van der Waals surface area contributed by atoms with Crippen molar-refractivity contribution in [1.29, 1.82) is 0 Å². The van der Waals surface area contributed by atoms with Crippen molar-refractivity contribution in [3.63, 3.8) is 0 Å². The van der Waals surface area contributed by atoms with Crippen molar-refractivity contribution >= 4 is 0 Å². The molecule has 0 radical (unpaired) electrons. The van der Waals surface area contributed by atoms with Crippen LogP contribution in [0.1, 0.15) is 93.9 Å². The molecule has 0 aliphatic rings. The number of unbranched alkanes of at least 4 members (excludes halogenated alkanes) is 1. The molecule has 140 valence electrons. The zero-order chi connectivity index (χ0) is 18.6. The number of hydrogen-bond donors (Lipinski definition) is 4. The molecule has 3 unspecified atom stereocenters. The highest BCUT2D eigenvalue weighted by molar-refractivity contribution is 4.43. The molecular formula is C18H44O4. The zero-order valence-electron chi connectivity index (χ0n) is 16.3. The Labute approximate surface area is 139 Å². The van der Waals surface area contributed by atoms with Gasteiger partial charge in [0.05, 0.1) is 18.3 Å². The Morgan fingerprint density at radius 3 is 0.955 bits per heavy atom. The highest BCUT2D eigenvalue weighted by atomic mass is 16.3. The quantitative estimate of drug-likeness (QED) is 0.597. The molecule has 0 aromatic rings. The van der Waals surface area contributed by atoms with Crippen LogP contribution in [0, 0.1) is 0 Å². The van der Waals surface area contributed by atoms with Gasteiger partial charge in [-0.1, -0.05) is 40.0 Å². The summed E-state index contributed by atoms with van der Waals surface area (Å²) in [4.78, 5) is 0. The maximum absolute atomic E-state index is 8.68. The average molecular weight is 325 g/mol. The third kappa shape index (κ3) is 90.1. The summed E-state index contributed by atoms with van der Waals surface area (Å²) in [6, 6.07) is 0. The normalized spacial score (nSPS) is 13.5. The third-order valence-electron chi connectivity index (χ3n) is 2.27. The van der Waals surface area contributed by atoms with Gasteiger partial charge in [0, 0.05) is 6.10 Å². The summed E-state index contributed by atoms with van der Waals surface area (Å²) in [5.41, 5.74) is 0. The van der Waals surface area contributed by atoms with Gasteiger partial charge in [-0.05, 0) is 53.9 Å². The first-order chi connectivity index (χ1) is 10.0. The first-order valence-electron chi connectivity index (χ1n) is 8.77. The predicted molar refractivity (Wildman–Crippen MR) is 97.1 cm³/mol. The fourth-order valence-electron chi connectivity index (χ4n) is 0.917. The molecule has 0 amide bonds. The van der Waals surface area contributed by atoms with Crippen LogP contribution < -0.4 is 0 Å². The van der Waals surface area contributed by atoms with Crippen molar-refractivity contribution in [3.8, 4) is 0 Å². The van der Waals surface area contributed by atoms with Crippen LogP contribution in [0.2, 0.25) is 0 Å². The summed E-state index contributed by atoms with van der Waals surface area (Å²) in [5.74, 6) is 0. The van der Waals surface area contributed by atoms with Crippen molar-refractivity contribution in [1.82, 2.24) is 0 Å². The van der Waals surface area contributed by atoms with Crippen LogP contribution in [0.5, 0.6) is 0 Å². The Balaban J connectivity index is -0.000000100. The molecule has 0 fully saturated rings. The van der Waals surface area contributed by atoms with Gasteiger partial charge in [-0.15, -0.1) is 0 Å². The molecule has 3 atom stereocenters. The Morgan fingerprint density at radius 2 is 0.909 bits per heavy atom. The lowest BCUT2D eigenvalue weighted by atomic mass is 10.2. The molecule has 0 aliphatic carbocycles. The van der Waals surface area contributed by atoms with E-state index in [9.17, 15) is 0 Å². The summed E-state index contributed by atoms with van der Waals surface area (Å²) in [6.07, 6.45) is 5.68. The van der Waals surface area contributed by atoms with E-state index in [4.69, 9.17) is 20.4 Å². The minimum Gasteiger partial charge on any atom is -0.394 e. The maximum Gasteiger partial charge on any atom is 0.0512 e. The lowest BCUT2D eigenvalue weighted by Crippen LogP contribution is -1.97. The number of hydrogen-bond acceptors (Lipinski definition) is 4. The first-order valence-corrected chi connectivity index (χ1v) is 8.77. The molecule has 22 heavy (non-hydrogen) atoms. The van der Waals surface area contributed by atoms with Gasteiger partial charge >= 0.3 is 0 Å². The standard InChI is InChI=1S/C6H14O.C5H12O.C4H10O.C3H8O/c1-3-4-5-6(2)7;1-3-4-5(2)6;1-3-4(2)5;1-3(2)4/h6-7H,3-5H2,1-2H3;5-6H,3-4H2,1-2H3;4-5H,3H2,1-2H3;3-4H,1-2H3. The summed E-state index contributed by atoms with van der Waals surface area (Å²) < 4.78 is 0.